The van der Waals surface area contributed by atoms with Gasteiger partial charge in [-0.15, -0.1) is 0 Å². The minimum Gasteiger partial charge on any atom is -0.494 e. The average Bonchev–Trinajstić information content (AvgIpc) is 2.38. The third kappa shape index (κ3) is 2.98. The van der Waals surface area contributed by atoms with E-state index in [1.165, 1.54) is 25.4 Å². The molecule has 2 aromatic rings. The molecule has 2 rings (SSSR count). The molecule has 0 unspecified atom stereocenters. The van der Waals surface area contributed by atoms with Crippen molar-refractivity contribution in [2.45, 2.75) is 6.18 Å². The fourth-order valence-electron chi connectivity index (χ4n) is 1.67. The van der Waals surface area contributed by atoms with Crippen LogP contribution in [-0.2, 0) is 6.18 Å². The number of alkyl halides is 3. The van der Waals surface area contributed by atoms with Gasteiger partial charge >= 0.3 is 6.18 Å². The van der Waals surface area contributed by atoms with Gasteiger partial charge in [-0.05, 0) is 23.8 Å². The van der Waals surface area contributed by atoms with Crippen LogP contribution in [0.15, 0.2) is 36.5 Å². The van der Waals surface area contributed by atoms with E-state index in [2.05, 4.69) is 4.98 Å². The Labute approximate surface area is 112 Å². The number of benzene rings is 1. The number of hydrogen-bond donors (Lipinski definition) is 0. The number of hydrogen-bond acceptors (Lipinski definition) is 2. The fraction of sp³-hybridized carbons (Fsp3) is 0.154. The van der Waals surface area contributed by atoms with Gasteiger partial charge in [0, 0.05) is 5.56 Å². The van der Waals surface area contributed by atoms with Gasteiger partial charge in [0.05, 0.1) is 18.9 Å². The van der Waals surface area contributed by atoms with E-state index in [1.54, 1.807) is 6.07 Å². The van der Waals surface area contributed by atoms with E-state index in [0.717, 1.165) is 12.1 Å². The summed E-state index contributed by atoms with van der Waals surface area (Å²) in [5, 5.41) is 0.188. The molecule has 0 aliphatic heterocycles. The molecule has 0 aliphatic carbocycles. The maximum atomic E-state index is 12.7. The van der Waals surface area contributed by atoms with Gasteiger partial charge in [0.25, 0.3) is 0 Å². The molecule has 0 spiro atoms. The number of ether oxygens (including phenoxy) is 1. The van der Waals surface area contributed by atoms with Gasteiger partial charge in [0.1, 0.15) is 10.9 Å². The van der Waals surface area contributed by atoms with Crippen molar-refractivity contribution in [2.75, 3.05) is 7.11 Å². The molecule has 1 aromatic carbocycles. The molecule has 0 radical (unpaired) electrons. The molecule has 0 bridgehead atoms. The lowest BCUT2D eigenvalue weighted by atomic mass is 10.0. The van der Waals surface area contributed by atoms with E-state index in [0.29, 0.717) is 16.9 Å². The van der Waals surface area contributed by atoms with E-state index in [9.17, 15) is 13.2 Å². The molecular weight excluding hydrogens is 279 g/mol. The molecule has 0 fully saturated rings. The van der Waals surface area contributed by atoms with Crippen molar-refractivity contribution in [3.05, 3.63) is 47.2 Å². The molecule has 0 aliphatic rings. The standard InChI is InChI=1S/C13H9ClF3NO/c1-19-11-7-18-12(14)6-10(11)8-3-2-4-9(5-8)13(15,16)17/h2-7H,1H3. The van der Waals surface area contributed by atoms with Crippen LogP contribution in [0.4, 0.5) is 13.2 Å². The van der Waals surface area contributed by atoms with Crippen molar-refractivity contribution in [2.24, 2.45) is 0 Å². The maximum Gasteiger partial charge on any atom is 0.416 e. The lowest BCUT2D eigenvalue weighted by molar-refractivity contribution is -0.137. The predicted molar refractivity (Wildman–Crippen MR) is 66.2 cm³/mol. The maximum absolute atomic E-state index is 12.7. The highest BCUT2D eigenvalue weighted by Crippen LogP contribution is 2.35. The van der Waals surface area contributed by atoms with E-state index < -0.39 is 11.7 Å². The fourth-order valence-corrected chi connectivity index (χ4v) is 1.83. The normalized spacial score (nSPS) is 11.4. The molecule has 6 heteroatoms. The smallest absolute Gasteiger partial charge is 0.416 e. The van der Waals surface area contributed by atoms with Gasteiger partial charge < -0.3 is 4.74 Å². The zero-order valence-electron chi connectivity index (χ0n) is 9.83. The molecule has 0 amide bonds. The molecule has 0 atom stereocenters. The first-order chi connectivity index (χ1) is 8.91. The van der Waals surface area contributed by atoms with Crippen LogP contribution in [0.2, 0.25) is 5.15 Å². The Balaban J connectivity index is 2.56. The van der Waals surface area contributed by atoms with Crippen molar-refractivity contribution < 1.29 is 17.9 Å². The van der Waals surface area contributed by atoms with Crippen molar-refractivity contribution >= 4 is 11.6 Å². The van der Waals surface area contributed by atoms with Crippen LogP contribution in [0.25, 0.3) is 11.1 Å². The Morgan fingerprint density at radius 1 is 1.21 bits per heavy atom. The van der Waals surface area contributed by atoms with Crippen LogP contribution in [0.3, 0.4) is 0 Å². The summed E-state index contributed by atoms with van der Waals surface area (Å²) >= 11 is 5.76. The Morgan fingerprint density at radius 3 is 2.58 bits per heavy atom. The first-order valence-corrected chi connectivity index (χ1v) is 5.67. The molecule has 2 nitrogen and oxygen atoms in total. The second-order valence-corrected chi connectivity index (χ2v) is 4.17. The van der Waals surface area contributed by atoms with Gasteiger partial charge in [-0.1, -0.05) is 23.7 Å². The first-order valence-electron chi connectivity index (χ1n) is 5.29. The van der Waals surface area contributed by atoms with Crippen LogP contribution in [0.5, 0.6) is 5.75 Å². The van der Waals surface area contributed by atoms with Gasteiger partial charge in [0.2, 0.25) is 0 Å². The van der Waals surface area contributed by atoms with E-state index in [1.807, 2.05) is 0 Å². The molecule has 100 valence electrons. The Hall–Kier alpha value is -1.75. The second kappa shape index (κ2) is 5.09. The molecular formula is C13H9ClF3NO. The molecule has 19 heavy (non-hydrogen) atoms. The zero-order valence-corrected chi connectivity index (χ0v) is 10.6. The Kier molecular flexibility index (Phi) is 3.66. The molecule has 1 heterocycles. The van der Waals surface area contributed by atoms with Crippen LogP contribution >= 0.6 is 11.6 Å². The quantitative estimate of drug-likeness (QED) is 0.762. The summed E-state index contributed by atoms with van der Waals surface area (Å²) < 4.78 is 43.1. The number of rotatable bonds is 2. The first kappa shape index (κ1) is 13.7. The third-order valence-corrected chi connectivity index (χ3v) is 2.76. The zero-order chi connectivity index (χ0) is 14.0. The predicted octanol–water partition coefficient (Wildman–Crippen LogP) is 4.43. The van der Waals surface area contributed by atoms with Crippen LogP contribution in [0.1, 0.15) is 5.56 Å². The molecule has 0 N–H and O–H groups in total. The summed E-state index contributed by atoms with van der Waals surface area (Å²) in [6.45, 7) is 0. The van der Waals surface area contributed by atoms with Crippen molar-refractivity contribution in [3.8, 4) is 16.9 Å². The van der Waals surface area contributed by atoms with Crippen LogP contribution < -0.4 is 4.74 Å². The second-order valence-electron chi connectivity index (χ2n) is 3.79. The number of nitrogens with zero attached hydrogens (tertiary/aromatic N) is 1. The Morgan fingerprint density at radius 2 is 1.95 bits per heavy atom. The van der Waals surface area contributed by atoms with Crippen molar-refractivity contribution in [3.63, 3.8) is 0 Å². The van der Waals surface area contributed by atoms with Crippen molar-refractivity contribution in [1.29, 1.82) is 0 Å². The monoisotopic (exact) mass is 287 g/mol. The summed E-state index contributed by atoms with van der Waals surface area (Å²) in [7, 11) is 1.42. The van der Waals surface area contributed by atoms with Crippen LogP contribution in [0, 0.1) is 0 Å². The minimum atomic E-state index is -4.39. The summed E-state index contributed by atoms with van der Waals surface area (Å²) in [6.07, 6.45) is -3.02. The van der Waals surface area contributed by atoms with Gasteiger partial charge in [0.15, 0.2) is 0 Å². The molecule has 1 aromatic heterocycles. The van der Waals surface area contributed by atoms with E-state index in [4.69, 9.17) is 16.3 Å². The highest BCUT2D eigenvalue weighted by molar-refractivity contribution is 6.29. The van der Waals surface area contributed by atoms with Gasteiger partial charge in [-0.25, -0.2) is 4.98 Å². The minimum absolute atomic E-state index is 0.188. The topological polar surface area (TPSA) is 22.1 Å². The lowest BCUT2D eigenvalue weighted by Gasteiger charge is -2.11. The SMILES string of the molecule is COc1cnc(Cl)cc1-c1cccc(C(F)(F)F)c1. The van der Waals surface area contributed by atoms with E-state index in [-0.39, 0.29) is 5.15 Å². The number of halogens is 4. The van der Waals surface area contributed by atoms with Gasteiger partial charge in [-0.3, -0.25) is 0 Å². The number of pyridine rings is 1. The molecule has 0 saturated heterocycles. The van der Waals surface area contributed by atoms with Crippen LogP contribution in [-0.4, -0.2) is 12.1 Å². The lowest BCUT2D eigenvalue weighted by Crippen LogP contribution is -2.04. The highest BCUT2D eigenvalue weighted by Gasteiger charge is 2.30. The number of aromatic nitrogens is 1. The van der Waals surface area contributed by atoms with Crippen molar-refractivity contribution in [1.82, 2.24) is 4.98 Å². The summed E-state index contributed by atoms with van der Waals surface area (Å²) in [5.41, 5.74) is 0.115. The highest BCUT2D eigenvalue weighted by atomic mass is 35.5. The van der Waals surface area contributed by atoms with E-state index >= 15 is 0 Å². The summed E-state index contributed by atoms with van der Waals surface area (Å²) in [4.78, 5) is 3.83. The summed E-state index contributed by atoms with van der Waals surface area (Å²) in [6, 6.07) is 6.43. The molecule has 0 saturated carbocycles. The average molecular weight is 288 g/mol. The van der Waals surface area contributed by atoms with Gasteiger partial charge in [-0.2, -0.15) is 13.2 Å². The summed E-state index contributed by atoms with van der Waals surface area (Å²) in [5.74, 6) is 0.365. The number of methoxy groups -OCH3 is 1. The Bertz CT molecular complexity index is 599. The largest absolute Gasteiger partial charge is 0.494 e. The third-order valence-electron chi connectivity index (χ3n) is 2.55.